The minimum atomic E-state index is -4.22. The second-order valence-electron chi connectivity index (χ2n) is 7.35. The average molecular weight is 472 g/mol. The molecule has 0 unspecified atom stereocenters. The lowest BCUT2D eigenvalue weighted by Gasteiger charge is -2.13. The largest absolute Gasteiger partial charge is 0.367 e. The highest BCUT2D eigenvalue weighted by atomic mass is 32.2. The van der Waals surface area contributed by atoms with E-state index in [1.165, 1.54) is 30.9 Å². The Morgan fingerprint density at radius 1 is 1.15 bits per heavy atom. The van der Waals surface area contributed by atoms with Crippen LogP contribution in [0.1, 0.15) is 29.8 Å². The van der Waals surface area contributed by atoms with Crippen molar-refractivity contribution in [3.63, 3.8) is 0 Å². The number of carbonyl (C=O) groups is 1. The van der Waals surface area contributed by atoms with Gasteiger partial charge in [0, 0.05) is 24.6 Å². The first-order valence-electron chi connectivity index (χ1n) is 9.73. The Labute approximate surface area is 187 Å². The molecule has 3 N–H and O–H groups in total. The Hall–Kier alpha value is -3.93. The maximum atomic E-state index is 15.3. The number of nitrogens with one attached hydrogen (secondary N) is 3. The number of fused-ring (bicyclic) bond motifs is 1. The first-order chi connectivity index (χ1) is 15.7. The summed E-state index contributed by atoms with van der Waals surface area (Å²) < 4.78 is 57.0. The quantitative estimate of drug-likeness (QED) is 0.351. The Morgan fingerprint density at radius 2 is 1.94 bits per heavy atom. The lowest BCUT2D eigenvalue weighted by molar-refractivity contribution is 0.103. The summed E-state index contributed by atoms with van der Waals surface area (Å²) in [5, 5.41) is 3.32. The van der Waals surface area contributed by atoms with Crippen LogP contribution in [0.2, 0.25) is 0 Å². The molecule has 0 radical (unpaired) electrons. The van der Waals surface area contributed by atoms with Crippen LogP contribution in [0.3, 0.4) is 0 Å². The van der Waals surface area contributed by atoms with E-state index in [0.717, 1.165) is 18.3 Å². The molecule has 0 fully saturated rings. The number of ketones is 1. The number of aromatic nitrogens is 4. The minimum absolute atomic E-state index is 0.0420. The SMILES string of the molecule is CC(C)Nc1ncnc2[nH]cc(C(=O)c3c(F)ccc(NS(=O)(=O)c4cccnc4)c3F)c12. The van der Waals surface area contributed by atoms with Crippen LogP contribution in [-0.2, 0) is 10.0 Å². The number of pyridine rings is 1. The van der Waals surface area contributed by atoms with E-state index in [9.17, 15) is 17.6 Å². The zero-order chi connectivity index (χ0) is 23.8. The van der Waals surface area contributed by atoms with Gasteiger partial charge in [0.1, 0.15) is 28.5 Å². The maximum Gasteiger partial charge on any atom is 0.263 e. The molecule has 0 saturated carbocycles. The van der Waals surface area contributed by atoms with Crippen LogP contribution in [0.4, 0.5) is 20.3 Å². The van der Waals surface area contributed by atoms with Crippen LogP contribution in [0.5, 0.6) is 0 Å². The Balaban J connectivity index is 1.79. The number of hydrogen-bond acceptors (Lipinski definition) is 7. The fourth-order valence-electron chi connectivity index (χ4n) is 3.21. The average Bonchev–Trinajstić information content (AvgIpc) is 3.21. The normalized spacial score (nSPS) is 11.7. The number of hydrogen-bond donors (Lipinski definition) is 3. The maximum absolute atomic E-state index is 15.3. The molecule has 0 saturated heterocycles. The number of anilines is 2. The monoisotopic (exact) mass is 472 g/mol. The van der Waals surface area contributed by atoms with Crippen molar-refractivity contribution < 1.29 is 22.0 Å². The van der Waals surface area contributed by atoms with E-state index in [4.69, 9.17) is 0 Å². The highest BCUT2D eigenvalue weighted by Gasteiger charge is 2.27. The van der Waals surface area contributed by atoms with Gasteiger partial charge in [-0.1, -0.05) is 0 Å². The van der Waals surface area contributed by atoms with Crippen molar-refractivity contribution in [2.24, 2.45) is 0 Å². The molecule has 0 atom stereocenters. The molecule has 33 heavy (non-hydrogen) atoms. The van der Waals surface area contributed by atoms with Crippen LogP contribution in [0.25, 0.3) is 11.0 Å². The number of nitrogens with zero attached hydrogens (tertiary/aromatic N) is 3. The molecule has 4 aromatic rings. The van der Waals surface area contributed by atoms with Gasteiger partial charge in [-0.05, 0) is 38.1 Å². The topological polar surface area (TPSA) is 130 Å². The summed E-state index contributed by atoms with van der Waals surface area (Å²) in [7, 11) is -4.22. The third-order valence-corrected chi connectivity index (χ3v) is 6.00. The molecular formula is C21H18F2N6O3S. The summed E-state index contributed by atoms with van der Waals surface area (Å²) in [6.45, 7) is 3.72. The van der Waals surface area contributed by atoms with E-state index in [2.05, 4.69) is 25.3 Å². The summed E-state index contributed by atoms with van der Waals surface area (Å²) in [4.78, 5) is 27.7. The van der Waals surface area contributed by atoms with Crippen LogP contribution in [0, 0.1) is 11.6 Å². The van der Waals surface area contributed by atoms with Gasteiger partial charge in [0.15, 0.2) is 5.82 Å². The van der Waals surface area contributed by atoms with Crippen LogP contribution < -0.4 is 10.0 Å². The van der Waals surface area contributed by atoms with Gasteiger partial charge in [-0.2, -0.15) is 0 Å². The Morgan fingerprint density at radius 3 is 2.64 bits per heavy atom. The van der Waals surface area contributed by atoms with Gasteiger partial charge < -0.3 is 10.3 Å². The molecule has 0 spiro atoms. The van der Waals surface area contributed by atoms with Crippen LogP contribution in [-0.4, -0.2) is 40.2 Å². The summed E-state index contributed by atoms with van der Waals surface area (Å²) in [6.07, 6.45) is 5.01. The number of rotatable bonds is 7. The molecule has 3 heterocycles. The first-order valence-corrected chi connectivity index (χ1v) is 11.2. The fraction of sp³-hybridized carbons (Fsp3) is 0.143. The molecule has 170 valence electrons. The van der Waals surface area contributed by atoms with Gasteiger partial charge >= 0.3 is 0 Å². The zero-order valence-electron chi connectivity index (χ0n) is 17.4. The third-order valence-electron chi connectivity index (χ3n) is 4.65. The van der Waals surface area contributed by atoms with E-state index in [0.29, 0.717) is 11.5 Å². The number of H-pyrrole nitrogens is 1. The molecule has 3 aromatic heterocycles. The summed E-state index contributed by atoms with van der Waals surface area (Å²) in [6, 6.07) is 4.33. The highest BCUT2D eigenvalue weighted by Crippen LogP contribution is 2.30. The Bertz CT molecular complexity index is 1460. The van der Waals surface area contributed by atoms with Crippen molar-refractivity contribution in [1.82, 2.24) is 19.9 Å². The molecular weight excluding hydrogens is 454 g/mol. The summed E-state index contributed by atoms with van der Waals surface area (Å²) in [5.41, 5.74) is -1.27. The summed E-state index contributed by atoms with van der Waals surface area (Å²) in [5.74, 6) is -3.18. The van der Waals surface area contributed by atoms with Gasteiger partial charge in [-0.3, -0.25) is 14.5 Å². The first kappa shape index (κ1) is 22.3. The lowest BCUT2D eigenvalue weighted by Crippen LogP contribution is -2.17. The van der Waals surface area contributed by atoms with Crippen LogP contribution >= 0.6 is 0 Å². The molecule has 0 aliphatic rings. The molecule has 12 heteroatoms. The van der Waals surface area contributed by atoms with E-state index in [-0.39, 0.29) is 21.9 Å². The molecule has 0 aliphatic carbocycles. The zero-order valence-corrected chi connectivity index (χ0v) is 18.2. The van der Waals surface area contributed by atoms with Gasteiger partial charge in [0.05, 0.1) is 22.2 Å². The molecule has 4 rings (SSSR count). The Kier molecular flexibility index (Phi) is 5.77. The molecule has 1 aromatic carbocycles. The van der Waals surface area contributed by atoms with Crippen molar-refractivity contribution in [3.8, 4) is 0 Å². The van der Waals surface area contributed by atoms with Gasteiger partial charge in [0.25, 0.3) is 10.0 Å². The molecule has 0 bridgehead atoms. The summed E-state index contributed by atoms with van der Waals surface area (Å²) >= 11 is 0. The fourth-order valence-corrected chi connectivity index (χ4v) is 4.23. The van der Waals surface area contributed by atoms with Gasteiger partial charge in [0.2, 0.25) is 5.78 Å². The van der Waals surface area contributed by atoms with E-state index >= 15 is 4.39 Å². The van der Waals surface area contributed by atoms with Crippen LogP contribution in [0.15, 0.2) is 54.1 Å². The van der Waals surface area contributed by atoms with Gasteiger partial charge in [-0.15, -0.1) is 0 Å². The van der Waals surface area contributed by atoms with Crippen molar-refractivity contribution >= 4 is 38.3 Å². The minimum Gasteiger partial charge on any atom is -0.367 e. The predicted molar refractivity (Wildman–Crippen MR) is 117 cm³/mol. The second kappa shape index (κ2) is 8.54. The number of aromatic amines is 1. The number of halogens is 2. The van der Waals surface area contributed by atoms with Crippen molar-refractivity contribution in [2.45, 2.75) is 24.8 Å². The number of sulfonamides is 1. The number of carbonyl (C=O) groups excluding carboxylic acids is 1. The van der Waals surface area contributed by atoms with E-state index < -0.39 is 38.7 Å². The van der Waals surface area contributed by atoms with E-state index in [1.807, 2.05) is 18.6 Å². The predicted octanol–water partition coefficient (Wildman–Crippen LogP) is 3.48. The lowest BCUT2D eigenvalue weighted by atomic mass is 10.0. The van der Waals surface area contributed by atoms with Crippen molar-refractivity contribution in [2.75, 3.05) is 10.0 Å². The smallest absolute Gasteiger partial charge is 0.263 e. The molecule has 0 aliphatic heterocycles. The van der Waals surface area contributed by atoms with Crippen molar-refractivity contribution in [3.05, 3.63) is 71.9 Å². The third kappa shape index (κ3) is 4.24. The van der Waals surface area contributed by atoms with Crippen molar-refractivity contribution in [1.29, 1.82) is 0 Å². The molecule has 0 amide bonds. The van der Waals surface area contributed by atoms with E-state index in [1.54, 1.807) is 0 Å². The highest BCUT2D eigenvalue weighted by molar-refractivity contribution is 7.92. The standard InChI is InChI=1S/C21H18F2N6O3S/c1-11(2)28-21-16-13(9-25-20(16)26-10-27-21)19(30)17-14(22)5-6-15(18(17)23)29-33(31,32)12-4-3-7-24-8-12/h3-11,29H,1-2H3,(H2,25,26,27,28). The number of benzene rings is 1. The second-order valence-corrected chi connectivity index (χ2v) is 9.04. The molecule has 9 nitrogen and oxygen atoms in total. The van der Waals surface area contributed by atoms with Gasteiger partial charge in [-0.25, -0.2) is 27.2 Å².